The second kappa shape index (κ2) is 9.14. The number of carbonyl (C=O) groups excluding carboxylic acids is 1. The lowest BCUT2D eigenvalue weighted by Crippen LogP contribution is -2.58. The lowest BCUT2D eigenvalue weighted by Gasteiger charge is -2.47. The molecule has 7 heteroatoms. The lowest BCUT2D eigenvalue weighted by molar-refractivity contribution is -0.134. The molecule has 2 aromatic heterocycles. The zero-order valence-electron chi connectivity index (χ0n) is 19.8. The fourth-order valence-electron chi connectivity index (χ4n) is 5.73. The number of hydrogen-bond donors (Lipinski definition) is 2. The molecule has 0 radical (unpaired) electrons. The molecular weight excluding hydrogens is 400 g/mol. The van der Waals surface area contributed by atoms with Gasteiger partial charge in [-0.05, 0) is 71.4 Å². The van der Waals surface area contributed by atoms with Gasteiger partial charge in [0.25, 0.3) is 0 Å². The van der Waals surface area contributed by atoms with Crippen molar-refractivity contribution in [3.8, 4) is 0 Å². The third-order valence-electron chi connectivity index (χ3n) is 6.55. The summed E-state index contributed by atoms with van der Waals surface area (Å²) in [5, 5.41) is 6.93. The minimum absolute atomic E-state index is 0.0716. The standard InChI is InChI=1S/C25H36N6O/c1-24(2)13-18(14-25(3,4)30-24)12-23(32)31-11-5-6-19(17-31)21-8-7-20(15-28-21)29-22-16-26-9-10-27-22/h7-10,15-16,18-19,30H,5-6,11-14,17H2,1-4H3,(H,27,29)/t19-/m1/s1. The van der Waals surface area contributed by atoms with E-state index in [1.54, 1.807) is 18.6 Å². The fourth-order valence-corrected chi connectivity index (χ4v) is 5.73. The molecule has 2 aliphatic rings. The maximum Gasteiger partial charge on any atom is 0.222 e. The first-order valence-electron chi connectivity index (χ1n) is 11.8. The van der Waals surface area contributed by atoms with E-state index in [4.69, 9.17) is 0 Å². The summed E-state index contributed by atoms with van der Waals surface area (Å²) in [7, 11) is 0. The predicted octanol–water partition coefficient (Wildman–Crippen LogP) is 4.27. The molecule has 0 unspecified atom stereocenters. The molecule has 2 saturated heterocycles. The zero-order valence-corrected chi connectivity index (χ0v) is 19.8. The smallest absolute Gasteiger partial charge is 0.222 e. The van der Waals surface area contributed by atoms with Crippen LogP contribution in [0, 0.1) is 5.92 Å². The van der Waals surface area contributed by atoms with Gasteiger partial charge in [-0.15, -0.1) is 0 Å². The second-order valence-corrected chi connectivity index (χ2v) is 10.7. The first-order valence-corrected chi connectivity index (χ1v) is 11.8. The molecule has 2 aromatic rings. The molecule has 0 aliphatic carbocycles. The molecule has 0 spiro atoms. The number of hydrogen-bond acceptors (Lipinski definition) is 6. The largest absolute Gasteiger partial charge is 0.342 e. The van der Waals surface area contributed by atoms with Gasteiger partial charge in [0, 0.05) is 54.6 Å². The van der Waals surface area contributed by atoms with Crippen molar-refractivity contribution in [2.45, 2.75) is 76.8 Å². The zero-order chi connectivity index (χ0) is 22.8. The predicted molar refractivity (Wildman–Crippen MR) is 127 cm³/mol. The highest BCUT2D eigenvalue weighted by Gasteiger charge is 2.39. The van der Waals surface area contributed by atoms with Gasteiger partial charge >= 0.3 is 0 Å². The molecule has 7 nitrogen and oxygen atoms in total. The van der Waals surface area contributed by atoms with Crippen molar-refractivity contribution >= 4 is 17.4 Å². The number of nitrogens with one attached hydrogen (secondary N) is 2. The number of amides is 1. The van der Waals surface area contributed by atoms with Crippen molar-refractivity contribution in [2.75, 3.05) is 18.4 Å². The monoisotopic (exact) mass is 436 g/mol. The van der Waals surface area contributed by atoms with Gasteiger partial charge in [0.1, 0.15) is 5.82 Å². The summed E-state index contributed by atoms with van der Waals surface area (Å²) in [6, 6.07) is 4.09. The molecule has 1 amide bonds. The third kappa shape index (κ3) is 5.82. The number of rotatable bonds is 5. The van der Waals surface area contributed by atoms with Gasteiger partial charge in [-0.25, -0.2) is 4.98 Å². The maximum atomic E-state index is 13.2. The number of carbonyl (C=O) groups is 1. The minimum atomic E-state index is 0.0716. The van der Waals surface area contributed by atoms with E-state index >= 15 is 0 Å². The Labute approximate surface area is 191 Å². The lowest BCUT2D eigenvalue weighted by atomic mass is 9.74. The summed E-state index contributed by atoms with van der Waals surface area (Å²) in [6.45, 7) is 10.6. The Morgan fingerprint density at radius 1 is 1.12 bits per heavy atom. The number of pyridine rings is 1. The van der Waals surface area contributed by atoms with E-state index in [2.05, 4.69) is 64.2 Å². The highest BCUT2D eigenvalue weighted by molar-refractivity contribution is 5.76. The molecule has 2 fully saturated rings. The van der Waals surface area contributed by atoms with Crippen molar-refractivity contribution < 1.29 is 4.79 Å². The van der Waals surface area contributed by atoms with E-state index < -0.39 is 0 Å². The second-order valence-electron chi connectivity index (χ2n) is 10.7. The van der Waals surface area contributed by atoms with Crippen LogP contribution in [0.5, 0.6) is 0 Å². The van der Waals surface area contributed by atoms with Gasteiger partial charge in [-0.1, -0.05) is 0 Å². The first-order chi connectivity index (χ1) is 15.2. The van der Waals surface area contributed by atoms with Crippen LogP contribution >= 0.6 is 0 Å². The molecule has 4 rings (SSSR count). The van der Waals surface area contributed by atoms with E-state index in [0.29, 0.717) is 30.0 Å². The van der Waals surface area contributed by atoms with Crippen molar-refractivity contribution in [3.63, 3.8) is 0 Å². The normalized spacial score (nSPS) is 23.0. The minimum Gasteiger partial charge on any atom is -0.342 e. The van der Waals surface area contributed by atoms with Crippen LogP contribution in [-0.2, 0) is 4.79 Å². The van der Waals surface area contributed by atoms with Crippen LogP contribution in [0.4, 0.5) is 11.5 Å². The molecule has 1 atom stereocenters. The molecule has 2 aliphatic heterocycles. The van der Waals surface area contributed by atoms with Crippen LogP contribution in [0.1, 0.15) is 71.4 Å². The summed E-state index contributed by atoms with van der Waals surface area (Å²) in [6.07, 6.45) is 11.7. The highest BCUT2D eigenvalue weighted by atomic mass is 16.2. The Hall–Kier alpha value is -2.54. The molecule has 4 heterocycles. The Morgan fingerprint density at radius 2 is 1.91 bits per heavy atom. The average molecular weight is 437 g/mol. The van der Waals surface area contributed by atoms with Gasteiger partial charge in [0.15, 0.2) is 0 Å². The SMILES string of the molecule is CC1(C)CC(CC(=O)N2CCC[C@@H](c3ccc(Nc4cnccn4)cn3)C2)CC(C)(C)N1. The van der Waals surface area contributed by atoms with Crippen molar-refractivity contribution in [2.24, 2.45) is 5.92 Å². The number of aromatic nitrogens is 3. The van der Waals surface area contributed by atoms with Crippen LogP contribution < -0.4 is 10.6 Å². The van der Waals surface area contributed by atoms with Crippen LogP contribution in [0.3, 0.4) is 0 Å². The highest BCUT2D eigenvalue weighted by Crippen LogP contribution is 2.35. The third-order valence-corrected chi connectivity index (χ3v) is 6.55. The summed E-state index contributed by atoms with van der Waals surface area (Å²) in [5.41, 5.74) is 2.08. The van der Waals surface area contributed by atoms with E-state index in [9.17, 15) is 4.79 Å². The summed E-state index contributed by atoms with van der Waals surface area (Å²) in [4.78, 5) is 28.2. The number of nitrogens with zero attached hydrogens (tertiary/aromatic N) is 4. The topological polar surface area (TPSA) is 83.0 Å². The van der Waals surface area contributed by atoms with Crippen molar-refractivity contribution in [1.29, 1.82) is 0 Å². The average Bonchev–Trinajstić information content (AvgIpc) is 2.73. The number of piperidine rings is 2. The molecule has 0 aromatic carbocycles. The van der Waals surface area contributed by atoms with Gasteiger partial charge in [-0.2, -0.15) is 0 Å². The molecule has 172 valence electrons. The van der Waals surface area contributed by atoms with Crippen LogP contribution in [0.15, 0.2) is 36.9 Å². The Bertz CT molecular complexity index is 896. The molecule has 2 N–H and O–H groups in total. The van der Waals surface area contributed by atoms with Gasteiger partial charge < -0.3 is 15.5 Å². The molecule has 32 heavy (non-hydrogen) atoms. The summed E-state index contributed by atoms with van der Waals surface area (Å²) < 4.78 is 0. The number of anilines is 2. The Balaban J connectivity index is 1.35. The maximum absolute atomic E-state index is 13.2. The van der Waals surface area contributed by atoms with Crippen LogP contribution in [0.25, 0.3) is 0 Å². The fraction of sp³-hybridized carbons (Fsp3) is 0.600. The summed E-state index contributed by atoms with van der Waals surface area (Å²) >= 11 is 0. The van der Waals surface area contributed by atoms with Gasteiger partial charge in [0.2, 0.25) is 5.91 Å². The van der Waals surface area contributed by atoms with E-state index in [-0.39, 0.29) is 11.1 Å². The van der Waals surface area contributed by atoms with Gasteiger partial charge in [0.05, 0.1) is 18.1 Å². The van der Waals surface area contributed by atoms with E-state index in [0.717, 1.165) is 50.2 Å². The van der Waals surface area contributed by atoms with Crippen LogP contribution in [-0.4, -0.2) is 49.9 Å². The van der Waals surface area contributed by atoms with Crippen molar-refractivity contribution in [3.05, 3.63) is 42.6 Å². The Morgan fingerprint density at radius 3 is 2.56 bits per heavy atom. The molecule has 0 bridgehead atoms. The van der Waals surface area contributed by atoms with E-state index in [1.165, 1.54) is 0 Å². The van der Waals surface area contributed by atoms with E-state index in [1.807, 2.05) is 12.3 Å². The van der Waals surface area contributed by atoms with Gasteiger partial charge in [-0.3, -0.25) is 14.8 Å². The Kier molecular flexibility index (Phi) is 6.47. The first kappa shape index (κ1) is 22.6. The molecule has 0 saturated carbocycles. The molecular formula is C25H36N6O. The quantitative estimate of drug-likeness (QED) is 0.728. The van der Waals surface area contributed by atoms with Crippen molar-refractivity contribution in [1.82, 2.24) is 25.2 Å². The summed E-state index contributed by atoms with van der Waals surface area (Å²) in [5.74, 6) is 1.72. The number of likely N-dealkylation sites (tertiary alicyclic amines) is 1. The van der Waals surface area contributed by atoms with Crippen LogP contribution in [0.2, 0.25) is 0 Å².